The van der Waals surface area contributed by atoms with Crippen LogP contribution in [-0.2, 0) is 18.5 Å². The van der Waals surface area contributed by atoms with E-state index in [1.165, 1.54) is 17.5 Å². The highest BCUT2D eigenvalue weighted by atomic mass is 16.3. The van der Waals surface area contributed by atoms with E-state index in [9.17, 15) is 5.11 Å². The zero-order chi connectivity index (χ0) is 15.3. The van der Waals surface area contributed by atoms with Crippen LogP contribution in [0, 0.1) is 0 Å². The van der Waals surface area contributed by atoms with E-state index in [1.807, 2.05) is 23.1 Å². The van der Waals surface area contributed by atoms with Crippen LogP contribution in [0.25, 0.3) is 0 Å². The molecule has 2 aromatic rings. The standard InChI is InChI=1S/C18H25N3O/c22-15-18(10-9-16-7-2-3-8-17(16)18)19-11-4-1-5-13-21-14-6-12-20-21/h2-3,6-8,12,14,19,22H,1,4-5,9-11,13,15H2. The fourth-order valence-corrected chi connectivity index (χ4v) is 3.43. The molecule has 0 aliphatic heterocycles. The maximum absolute atomic E-state index is 9.92. The summed E-state index contributed by atoms with van der Waals surface area (Å²) in [6, 6.07) is 10.5. The summed E-state index contributed by atoms with van der Waals surface area (Å²) in [6.07, 6.45) is 9.34. The first kappa shape index (κ1) is 15.3. The monoisotopic (exact) mass is 299 g/mol. The van der Waals surface area contributed by atoms with E-state index in [1.54, 1.807) is 0 Å². The third-order valence-electron chi connectivity index (χ3n) is 4.71. The molecule has 2 N–H and O–H groups in total. The van der Waals surface area contributed by atoms with E-state index in [0.29, 0.717) is 0 Å². The van der Waals surface area contributed by atoms with Crippen LogP contribution in [0.2, 0.25) is 0 Å². The third kappa shape index (κ3) is 3.23. The van der Waals surface area contributed by atoms with Crippen molar-refractivity contribution in [2.75, 3.05) is 13.2 Å². The van der Waals surface area contributed by atoms with E-state index in [0.717, 1.165) is 38.8 Å². The molecule has 4 heteroatoms. The quantitative estimate of drug-likeness (QED) is 0.736. The predicted molar refractivity (Wildman–Crippen MR) is 87.6 cm³/mol. The molecule has 118 valence electrons. The van der Waals surface area contributed by atoms with Gasteiger partial charge in [-0.05, 0) is 49.4 Å². The van der Waals surface area contributed by atoms with Crippen LogP contribution in [0.5, 0.6) is 0 Å². The lowest BCUT2D eigenvalue weighted by Gasteiger charge is -2.30. The molecule has 4 nitrogen and oxygen atoms in total. The molecule has 0 saturated heterocycles. The molecule has 0 spiro atoms. The van der Waals surface area contributed by atoms with Crippen molar-refractivity contribution in [1.82, 2.24) is 15.1 Å². The predicted octanol–water partition coefficient (Wildman–Crippen LogP) is 2.48. The molecule has 1 aliphatic carbocycles. The normalized spacial score (nSPS) is 20.2. The Morgan fingerprint density at radius 1 is 1.18 bits per heavy atom. The summed E-state index contributed by atoms with van der Waals surface area (Å²) in [4.78, 5) is 0. The van der Waals surface area contributed by atoms with Gasteiger partial charge in [-0.25, -0.2) is 0 Å². The first-order valence-electron chi connectivity index (χ1n) is 8.26. The van der Waals surface area contributed by atoms with Gasteiger partial charge in [0.2, 0.25) is 0 Å². The number of aryl methyl sites for hydroxylation is 2. The topological polar surface area (TPSA) is 50.1 Å². The molecule has 1 aromatic heterocycles. The second-order valence-corrected chi connectivity index (χ2v) is 6.15. The molecule has 1 aromatic carbocycles. The van der Waals surface area contributed by atoms with Crippen LogP contribution < -0.4 is 5.32 Å². The van der Waals surface area contributed by atoms with Gasteiger partial charge in [-0.15, -0.1) is 0 Å². The van der Waals surface area contributed by atoms with Gasteiger partial charge < -0.3 is 10.4 Å². The molecule has 0 fully saturated rings. The second-order valence-electron chi connectivity index (χ2n) is 6.15. The highest BCUT2D eigenvalue weighted by molar-refractivity contribution is 5.38. The lowest BCUT2D eigenvalue weighted by atomic mass is 9.92. The van der Waals surface area contributed by atoms with Crippen molar-refractivity contribution in [3.05, 3.63) is 53.9 Å². The molecular formula is C18H25N3O. The molecule has 1 aliphatic rings. The number of hydrogen-bond donors (Lipinski definition) is 2. The molecular weight excluding hydrogens is 274 g/mol. The van der Waals surface area contributed by atoms with Gasteiger partial charge in [0.25, 0.3) is 0 Å². The van der Waals surface area contributed by atoms with Crippen LogP contribution in [-0.4, -0.2) is 28.0 Å². The van der Waals surface area contributed by atoms with E-state index in [4.69, 9.17) is 0 Å². The Kier molecular flexibility index (Phi) is 4.90. The highest BCUT2D eigenvalue weighted by Gasteiger charge is 2.37. The fraction of sp³-hybridized carbons (Fsp3) is 0.500. The summed E-state index contributed by atoms with van der Waals surface area (Å²) in [7, 11) is 0. The molecule has 0 amide bonds. The van der Waals surface area contributed by atoms with Gasteiger partial charge in [0.15, 0.2) is 0 Å². The fourth-order valence-electron chi connectivity index (χ4n) is 3.43. The van der Waals surface area contributed by atoms with E-state index in [2.05, 4.69) is 34.7 Å². The number of aliphatic hydroxyl groups excluding tert-OH is 1. The summed E-state index contributed by atoms with van der Waals surface area (Å²) >= 11 is 0. The summed E-state index contributed by atoms with van der Waals surface area (Å²) in [5.74, 6) is 0. The van der Waals surface area contributed by atoms with Gasteiger partial charge in [-0.2, -0.15) is 5.10 Å². The van der Waals surface area contributed by atoms with Crippen molar-refractivity contribution < 1.29 is 5.11 Å². The average Bonchev–Trinajstić information content (AvgIpc) is 3.19. The van der Waals surface area contributed by atoms with Gasteiger partial charge in [0, 0.05) is 18.9 Å². The van der Waals surface area contributed by atoms with Crippen LogP contribution in [0.1, 0.15) is 36.8 Å². The van der Waals surface area contributed by atoms with Crippen molar-refractivity contribution >= 4 is 0 Å². The van der Waals surface area contributed by atoms with Crippen molar-refractivity contribution in [1.29, 1.82) is 0 Å². The van der Waals surface area contributed by atoms with Crippen LogP contribution in [0.15, 0.2) is 42.7 Å². The minimum absolute atomic E-state index is 0.178. The van der Waals surface area contributed by atoms with Crippen molar-refractivity contribution in [3.63, 3.8) is 0 Å². The Morgan fingerprint density at radius 2 is 2.09 bits per heavy atom. The number of aliphatic hydroxyl groups is 1. The molecule has 22 heavy (non-hydrogen) atoms. The van der Waals surface area contributed by atoms with E-state index in [-0.39, 0.29) is 12.1 Å². The first-order chi connectivity index (χ1) is 10.8. The van der Waals surface area contributed by atoms with Crippen molar-refractivity contribution in [3.8, 4) is 0 Å². The molecule has 0 saturated carbocycles. The number of nitrogens with one attached hydrogen (secondary N) is 1. The Labute approximate surface area is 132 Å². The summed E-state index contributed by atoms with van der Waals surface area (Å²) < 4.78 is 1.98. The van der Waals surface area contributed by atoms with Gasteiger partial charge >= 0.3 is 0 Å². The lowest BCUT2D eigenvalue weighted by molar-refractivity contribution is 0.160. The van der Waals surface area contributed by atoms with Gasteiger partial charge in [-0.1, -0.05) is 30.7 Å². The molecule has 1 atom stereocenters. The smallest absolute Gasteiger partial charge is 0.0674 e. The Bertz CT molecular complexity index is 582. The molecule has 0 bridgehead atoms. The Morgan fingerprint density at radius 3 is 2.91 bits per heavy atom. The largest absolute Gasteiger partial charge is 0.394 e. The van der Waals surface area contributed by atoms with Crippen molar-refractivity contribution in [2.45, 2.75) is 44.2 Å². The third-order valence-corrected chi connectivity index (χ3v) is 4.71. The minimum Gasteiger partial charge on any atom is -0.394 e. The second kappa shape index (κ2) is 7.07. The van der Waals surface area contributed by atoms with Crippen LogP contribution in [0.4, 0.5) is 0 Å². The van der Waals surface area contributed by atoms with Crippen LogP contribution >= 0.6 is 0 Å². The maximum atomic E-state index is 9.92. The highest BCUT2D eigenvalue weighted by Crippen LogP contribution is 2.36. The van der Waals surface area contributed by atoms with Gasteiger partial charge in [0.1, 0.15) is 0 Å². The lowest BCUT2D eigenvalue weighted by Crippen LogP contribution is -2.44. The van der Waals surface area contributed by atoms with E-state index >= 15 is 0 Å². The van der Waals surface area contributed by atoms with Crippen LogP contribution in [0.3, 0.4) is 0 Å². The SMILES string of the molecule is OCC1(NCCCCCn2cccn2)CCc2ccccc21. The number of hydrogen-bond acceptors (Lipinski definition) is 3. The Hall–Kier alpha value is -1.65. The Balaban J connectivity index is 1.44. The van der Waals surface area contributed by atoms with Gasteiger partial charge in [0.05, 0.1) is 12.1 Å². The molecule has 1 unspecified atom stereocenters. The molecule has 1 heterocycles. The summed E-state index contributed by atoms with van der Waals surface area (Å²) in [5.41, 5.74) is 2.44. The van der Waals surface area contributed by atoms with Crippen molar-refractivity contribution in [2.24, 2.45) is 0 Å². The number of aromatic nitrogens is 2. The number of fused-ring (bicyclic) bond motifs is 1. The number of rotatable bonds is 8. The van der Waals surface area contributed by atoms with E-state index < -0.39 is 0 Å². The number of unbranched alkanes of at least 4 members (excludes halogenated alkanes) is 2. The summed E-state index contributed by atoms with van der Waals surface area (Å²) in [6.45, 7) is 2.12. The first-order valence-corrected chi connectivity index (χ1v) is 8.26. The van der Waals surface area contributed by atoms with Gasteiger partial charge in [-0.3, -0.25) is 4.68 Å². The molecule has 0 radical (unpaired) electrons. The number of nitrogens with zero attached hydrogens (tertiary/aromatic N) is 2. The minimum atomic E-state index is -0.224. The molecule has 3 rings (SSSR count). The number of benzene rings is 1. The zero-order valence-electron chi connectivity index (χ0n) is 13.0. The maximum Gasteiger partial charge on any atom is 0.0674 e. The summed E-state index contributed by atoms with van der Waals surface area (Å²) in [5, 5.41) is 17.8. The zero-order valence-corrected chi connectivity index (χ0v) is 13.0. The average molecular weight is 299 g/mol.